The first kappa shape index (κ1) is 21.3. The molecule has 0 bridgehead atoms. The van der Waals surface area contributed by atoms with Crippen LogP contribution in [0.1, 0.15) is 44.9 Å². The van der Waals surface area contributed by atoms with Crippen LogP contribution < -0.4 is 5.32 Å². The van der Waals surface area contributed by atoms with E-state index >= 15 is 0 Å². The predicted octanol–water partition coefficient (Wildman–Crippen LogP) is 1.94. The quantitative estimate of drug-likeness (QED) is 0.752. The number of fused-ring (bicyclic) bond motifs is 1. The van der Waals surface area contributed by atoms with Gasteiger partial charge in [0.05, 0.1) is 28.5 Å². The number of imidazole rings is 1. The van der Waals surface area contributed by atoms with Crippen LogP contribution in [0.4, 0.5) is 0 Å². The number of rotatable bonds is 6. The fourth-order valence-electron chi connectivity index (χ4n) is 4.71. The van der Waals surface area contributed by atoms with E-state index in [9.17, 15) is 13.2 Å². The van der Waals surface area contributed by atoms with E-state index in [1.54, 1.807) is 23.5 Å². The van der Waals surface area contributed by atoms with Crippen LogP contribution in [0.3, 0.4) is 0 Å². The maximum absolute atomic E-state index is 13.1. The molecule has 0 radical (unpaired) electrons. The molecule has 1 unspecified atom stereocenters. The third kappa shape index (κ3) is 3.86. The first-order valence-corrected chi connectivity index (χ1v) is 12.3. The molecule has 0 saturated carbocycles. The Hall–Kier alpha value is -1.97. The summed E-state index contributed by atoms with van der Waals surface area (Å²) in [7, 11) is -1.82. The first-order valence-electron chi connectivity index (χ1n) is 10.9. The van der Waals surface area contributed by atoms with Crippen molar-refractivity contribution in [2.75, 3.05) is 26.7 Å². The van der Waals surface area contributed by atoms with Crippen LogP contribution in [0.2, 0.25) is 0 Å². The van der Waals surface area contributed by atoms with Crippen LogP contribution in [0.5, 0.6) is 0 Å². The number of piperidine rings is 1. The van der Waals surface area contributed by atoms with E-state index < -0.39 is 10.0 Å². The van der Waals surface area contributed by atoms with E-state index in [0.717, 1.165) is 56.5 Å². The number of amides is 1. The maximum atomic E-state index is 13.1. The van der Waals surface area contributed by atoms with Crippen LogP contribution in [-0.4, -0.2) is 65.8 Å². The number of sulfonamides is 1. The Morgan fingerprint density at radius 2 is 1.93 bits per heavy atom. The van der Waals surface area contributed by atoms with Gasteiger partial charge in [0.15, 0.2) is 0 Å². The second kappa shape index (κ2) is 8.64. The molecule has 0 aliphatic carbocycles. The van der Waals surface area contributed by atoms with Gasteiger partial charge in [-0.25, -0.2) is 13.4 Å². The van der Waals surface area contributed by atoms with E-state index in [1.807, 2.05) is 6.07 Å². The Bertz CT molecular complexity index is 1030. The minimum Gasteiger partial charge on any atom is -0.358 e. The molecule has 1 amide bonds. The zero-order valence-corrected chi connectivity index (χ0v) is 18.6. The molecule has 8 nitrogen and oxygen atoms in total. The number of carbonyl (C=O) groups is 1. The molecule has 2 fully saturated rings. The molecule has 4 rings (SSSR count). The van der Waals surface area contributed by atoms with Gasteiger partial charge in [-0.3, -0.25) is 9.69 Å². The van der Waals surface area contributed by atoms with Gasteiger partial charge in [-0.2, -0.15) is 4.31 Å². The van der Waals surface area contributed by atoms with Gasteiger partial charge in [0.2, 0.25) is 15.9 Å². The van der Waals surface area contributed by atoms with Gasteiger partial charge in [0.25, 0.3) is 0 Å². The number of aryl methyl sites for hydroxylation is 1. The SMILES string of the molecule is CCn1c(CN2CCCC2C(=O)NC)nc2cc(S(=O)(=O)N3CCCCC3)ccc21. The Balaban J connectivity index is 1.65. The van der Waals surface area contributed by atoms with Gasteiger partial charge in [-0.1, -0.05) is 6.42 Å². The van der Waals surface area contributed by atoms with Crippen LogP contribution in [0.15, 0.2) is 23.1 Å². The van der Waals surface area contributed by atoms with Crippen molar-refractivity contribution in [1.82, 2.24) is 24.1 Å². The van der Waals surface area contributed by atoms with E-state index in [0.29, 0.717) is 30.0 Å². The number of hydrogen-bond donors (Lipinski definition) is 1. The number of nitrogens with zero attached hydrogens (tertiary/aromatic N) is 4. The average molecular weight is 434 g/mol. The number of carbonyl (C=O) groups excluding carboxylic acids is 1. The Morgan fingerprint density at radius 1 is 1.17 bits per heavy atom. The number of benzene rings is 1. The number of hydrogen-bond acceptors (Lipinski definition) is 5. The van der Waals surface area contributed by atoms with Crippen molar-refractivity contribution in [2.24, 2.45) is 0 Å². The van der Waals surface area contributed by atoms with Gasteiger partial charge < -0.3 is 9.88 Å². The molecule has 1 aromatic carbocycles. The van der Waals surface area contributed by atoms with Gasteiger partial charge in [0.1, 0.15) is 5.82 Å². The number of likely N-dealkylation sites (N-methyl/N-ethyl adjacent to an activating group) is 1. The Morgan fingerprint density at radius 3 is 2.63 bits per heavy atom. The molecule has 2 aromatic rings. The molecule has 3 heterocycles. The zero-order valence-electron chi connectivity index (χ0n) is 17.8. The first-order chi connectivity index (χ1) is 14.5. The highest BCUT2D eigenvalue weighted by molar-refractivity contribution is 7.89. The summed E-state index contributed by atoms with van der Waals surface area (Å²) in [5.41, 5.74) is 1.63. The molecular weight excluding hydrogens is 402 g/mol. The van der Waals surface area contributed by atoms with Crippen LogP contribution >= 0.6 is 0 Å². The van der Waals surface area contributed by atoms with Crippen LogP contribution in [0.25, 0.3) is 11.0 Å². The Kier molecular flexibility index (Phi) is 6.13. The second-order valence-electron chi connectivity index (χ2n) is 8.13. The summed E-state index contributed by atoms with van der Waals surface area (Å²) in [6, 6.07) is 5.14. The lowest BCUT2D eigenvalue weighted by molar-refractivity contribution is -0.125. The number of likely N-dealkylation sites (tertiary alicyclic amines) is 1. The molecule has 1 aromatic heterocycles. The summed E-state index contributed by atoms with van der Waals surface area (Å²) in [6.07, 6.45) is 4.76. The predicted molar refractivity (Wildman–Crippen MR) is 116 cm³/mol. The molecule has 9 heteroatoms. The highest BCUT2D eigenvalue weighted by atomic mass is 32.2. The van der Waals surface area contributed by atoms with Crippen molar-refractivity contribution in [2.45, 2.75) is 63.1 Å². The van der Waals surface area contributed by atoms with E-state index in [2.05, 4.69) is 21.7 Å². The van der Waals surface area contributed by atoms with Crippen molar-refractivity contribution in [3.63, 3.8) is 0 Å². The standard InChI is InChI=1S/C21H31N5O3S/c1-3-26-18-10-9-16(30(28,29)25-12-5-4-6-13-25)14-17(18)23-20(26)15-24-11-7-8-19(24)21(27)22-2/h9-10,14,19H,3-8,11-13,15H2,1-2H3,(H,22,27). The zero-order chi connectivity index (χ0) is 21.3. The molecule has 30 heavy (non-hydrogen) atoms. The van der Waals surface area contributed by atoms with E-state index in [4.69, 9.17) is 4.98 Å². The van der Waals surface area contributed by atoms with Crippen LogP contribution in [-0.2, 0) is 27.9 Å². The topological polar surface area (TPSA) is 87.5 Å². The summed E-state index contributed by atoms with van der Waals surface area (Å²) in [5.74, 6) is 0.914. The molecule has 1 atom stereocenters. The summed E-state index contributed by atoms with van der Waals surface area (Å²) in [6.45, 7) is 5.41. The minimum absolute atomic E-state index is 0.0431. The van der Waals surface area contributed by atoms with Crippen molar-refractivity contribution in [3.05, 3.63) is 24.0 Å². The highest BCUT2D eigenvalue weighted by Gasteiger charge is 2.31. The van der Waals surface area contributed by atoms with Crippen molar-refractivity contribution in [3.8, 4) is 0 Å². The summed E-state index contributed by atoms with van der Waals surface area (Å²) < 4.78 is 29.8. The van der Waals surface area contributed by atoms with Crippen LogP contribution in [0, 0.1) is 0 Å². The minimum atomic E-state index is -3.49. The lowest BCUT2D eigenvalue weighted by Gasteiger charge is -2.25. The van der Waals surface area contributed by atoms with Gasteiger partial charge >= 0.3 is 0 Å². The largest absolute Gasteiger partial charge is 0.358 e. The van der Waals surface area contributed by atoms with Gasteiger partial charge in [0, 0.05) is 26.7 Å². The monoisotopic (exact) mass is 433 g/mol. The maximum Gasteiger partial charge on any atom is 0.243 e. The van der Waals surface area contributed by atoms with Crippen molar-refractivity contribution in [1.29, 1.82) is 0 Å². The summed E-state index contributed by atoms with van der Waals surface area (Å²) >= 11 is 0. The van der Waals surface area contributed by atoms with Gasteiger partial charge in [-0.05, 0) is 57.4 Å². The summed E-state index contributed by atoms with van der Waals surface area (Å²) in [4.78, 5) is 19.5. The molecule has 1 N–H and O–H groups in total. The van der Waals surface area contributed by atoms with Crippen molar-refractivity contribution < 1.29 is 13.2 Å². The molecule has 2 aliphatic rings. The molecular formula is C21H31N5O3S. The average Bonchev–Trinajstić information content (AvgIpc) is 3.37. The third-order valence-corrected chi connectivity index (χ3v) is 8.22. The van der Waals surface area contributed by atoms with E-state index in [-0.39, 0.29) is 11.9 Å². The second-order valence-corrected chi connectivity index (χ2v) is 10.1. The molecule has 2 saturated heterocycles. The fraction of sp³-hybridized carbons (Fsp3) is 0.619. The molecule has 164 valence electrons. The number of nitrogens with one attached hydrogen (secondary N) is 1. The smallest absolute Gasteiger partial charge is 0.243 e. The lowest BCUT2D eigenvalue weighted by Crippen LogP contribution is -2.41. The number of aromatic nitrogens is 2. The van der Waals surface area contributed by atoms with Gasteiger partial charge in [-0.15, -0.1) is 0 Å². The van der Waals surface area contributed by atoms with E-state index in [1.165, 1.54) is 0 Å². The van der Waals surface area contributed by atoms with Crippen molar-refractivity contribution >= 4 is 27.0 Å². The summed E-state index contributed by atoms with van der Waals surface area (Å²) in [5, 5.41) is 2.75. The third-order valence-electron chi connectivity index (χ3n) is 6.33. The normalized spacial score (nSPS) is 21.3. The molecule has 0 spiro atoms. The lowest BCUT2D eigenvalue weighted by atomic mass is 10.2. The Labute approximate surface area is 178 Å². The molecule has 2 aliphatic heterocycles. The fourth-order valence-corrected chi connectivity index (χ4v) is 6.25. The highest BCUT2D eigenvalue weighted by Crippen LogP contribution is 2.27.